The molecule has 34 valence electrons. The number of hydrogen-bond acceptors (Lipinski definition) is 0. The molecule has 0 N–H and O–H groups in total. The minimum atomic E-state index is 0. The van der Waals surface area contributed by atoms with Gasteiger partial charge in [-0.05, 0) is 0 Å². The van der Waals surface area contributed by atoms with Crippen LogP contribution in [-0.4, -0.2) is 0 Å². The van der Waals surface area contributed by atoms with Crippen molar-refractivity contribution >= 4 is 0 Å². The molecule has 0 saturated carbocycles. The van der Waals surface area contributed by atoms with E-state index in [9.17, 15) is 0 Å². The van der Waals surface area contributed by atoms with E-state index in [2.05, 4.69) is 0 Å². The topological polar surface area (TPSA) is 57.0 Å². The van der Waals surface area contributed by atoms with Gasteiger partial charge in [0.2, 0.25) is 0 Å². The van der Waals surface area contributed by atoms with Gasteiger partial charge in [0.25, 0.3) is 0 Å². The molecular weight excluding hydrogens is 294 g/mol. The summed E-state index contributed by atoms with van der Waals surface area (Å²) in [5.74, 6) is 0. The maximum atomic E-state index is 0. The summed E-state index contributed by atoms with van der Waals surface area (Å²) in [6.07, 6.45) is 0. The van der Waals surface area contributed by atoms with Crippen LogP contribution in [0.2, 0.25) is 0 Å². The fraction of sp³-hybridized carbons (Fsp3) is 0. The van der Waals surface area contributed by atoms with Gasteiger partial charge in [-0.3, -0.25) is 0 Å². The van der Waals surface area contributed by atoms with Crippen LogP contribution in [0.5, 0.6) is 0 Å². The van der Waals surface area contributed by atoms with E-state index < -0.39 is 0 Å². The van der Waals surface area contributed by atoms with Crippen LogP contribution in [-0.2, 0) is 44.5 Å². The largest absolute Gasteiger partial charge is 3.00 e. The molecule has 0 aromatic carbocycles. The van der Waals surface area contributed by atoms with Gasteiger partial charge in [-0.25, -0.2) is 0 Å². The Kier molecular flexibility index (Phi) is 364. The Morgan fingerprint density at radius 3 is 0.800 bits per heavy atom. The van der Waals surface area contributed by atoms with E-state index in [4.69, 9.17) is 0 Å². The van der Waals surface area contributed by atoms with Gasteiger partial charge in [0.15, 0.2) is 0 Å². The fourth-order valence-electron chi connectivity index (χ4n) is 0. The summed E-state index contributed by atoms with van der Waals surface area (Å²) in [6.45, 7) is 0. The molecule has 0 saturated heterocycles. The maximum absolute atomic E-state index is 0. The normalized spacial score (nSPS) is 0. The van der Waals surface area contributed by atoms with Crippen LogP contribution in [0.3, 0.4) is 0 Å². The van der Waals surface area contributed by atoms with Gasteiger partial charge in [0.05, 0.1) is 0 Å². The Hall–Kier alpha value is 2.31. The Bertz CT molecular complexity index is 9.61. The quantitative estimate of drug-likeness (QED) is 0.554. The fourth-order valence-corrected chi connectivity index (χ4v) is 0. The Balaban J connectivity index is 0. The van der Waals surface area contributed by atoms with Crippen molar-refractivity contribution in [2.75, 3.05) is 0 Å². The van der Waals surface area contributed by atoms with Crippen LogP contribution in [0, 0.1) is 41.7 Å². The summed E-state index contributed by atoms with van der Waals surface area (Å²) in [5, 5.41) is 0. The monoisotopic (exact) mass is 293 g/mol. The summed E-state index contributed by atoms with van der Waals surface area (Å²) in [5.41, 5.74) is 0. The van der Waals surface area contributed by atoms with E-state index in [1.54, 1.807) is 0 Å². The van der Waals surface area contributed by atoms with Crippen molar-refractivity contribution in [3.63, 3.8) is 0 Å². The van der Waals surface area contributed by atoms with Crippen LogP contribution in [0.4, 0.5) is 0 Å². The summed E-state index contributed by atoms with van der Waals surface area (Å²) in [6, 6.07) is 0. The van der Waals surface area contributed by atoms with E-state index in [1.165, 1.54) is 0 Å². The van der Waals surface area contributed by atoms with E-state index in [-0.39, 0.29) is 86.3 Å². The Labute approximate surface area is 84.9 Å². The molecular formula is CeCuNiO2+3. The van der Waals surface area contributed by atoms with Gasteiger partial charge in [0.1, 0.15) is 0 Å². The van der Waals surface area contributed by atoms with E-state index in [0.29, 0.717) is 0 Å². The zero-order chi connectivity index (χ0) is 0. The van der Waals surface area contributed by atoms with Crippen LogP contribution in [0.25, 0.3) is 0 Å². The molecule has 0 fully saturated rings. The van der Waals surface area contributed by atoms with Gasteiger partial charge in [0, 0.05) is 0 Å². The predicted octanol–water partition coefficient (Wildman–Crippen LogP) is -0.243. The van der Waals surface area contributed by atoms with Crippen LogP contribution < -0.4 is 0 Å². The van der Waals surface area contributed by atoms with Gasteiger partial charge in [-0.15, -0.1) is 0 Å². The van der Waals surface area contributed by atoms with Crippen LogP contribution in [0.15, 0.2) is 0 Å². The summed E-state index contributed by atoms with van der Waals surface area (Å²) in [7, 11) is 0. The zero-order valence-electron chi connectivity index (χ0n) is 1.93. The molecule has 0 aromatic heterocycles. The second-order valence-electron chi connectivity index (χ2n) is 0. The summed E-state index contributed by atoms with van der Waals surface area (Å²) in [4.78, 5) is 0. The van der Waals surface area contributed by atoms with Crippen molar-refractivity contribution in [3.8, 4) is 0 Å². The average Bonchev–Trinajstić information content (AvgIpc) is 0. The van der Waals surface area contributed by atoms with Gasteiger partial charge in [-0.1, -0.05) is 0 Å². The van der Waals surface area contributed by atoms with Crippen molar-refractivity contribution in [2.24, 2.45) is 0 Å². The number of rotatable bonds is 0. The molecule has 0 aromatic rings. The van der Waals surface area contributed by atoms with E-state index in [0.717, 1.165) is 0 Å². The molecule has 5 heteroatoms. The number of hydrogen-bond donors (Lipinski definition) is 0. The average molecular weight is 294 g/mol. The van der Waals surface area contributed by atoms with Crippen molar-refractivity contribution in [1.82, 2.24) is 0 Å². The van der Waals surface area contributed by atoms with Gasteiger partial charge >= 0.3 is 75.3 Å². The third kappa shape index (κ3) is 22.0. The molecule has 0 aliphatic rings. The molecule has 0 aliphatic carbocycles. The minimum absolute atomic E-state index is 0. The van der Waals surface area contributed by atoms with Crippen molar-refractivity contribution in [3.05, 3.63) is 0 Å². The molecule has 2 nitrogen and oxygen atoms in total. The van der Waals surface area contributed by atoms with Crippen molar-refractivity contribution in [2.45, 2.75) is 0 Å². The SMILES string of the molecule is [Ce+3].[Cu+2].[Ni+2].[O-2].[O-2]. The standard InChI is InChI=1S/Ce.Cu.Ni.2O/q+3;2*+2;2*-2. The van der Waals surface area contributed by atoms with E-state index in [1.807, 2.05) is 0 Å². The first-order valence-corrected chi connectivity index (χ1v) is 0. The smallest absolute Gasteiger partial charge is 2.00 e. The Morgan fingerprint density at radius 1 is 0.800 bits per heavy atom. The second-order valence-corrected chi connectivity index (χ2v) is 0. The molecule has 0 unspecified atom stereocenters. The minimum Gasteiger partial charge on any atom is -2.00 e. The molecule has 0 aliphatic heterocycles. The van der Waals surface area contributed by atoms with Crippen molar-refractivity contribution < 1.29 is 86.3 Å². The van der Waals surface area contributed by atoms with Crippen LogP contribution >= 0.6 is 0 Å². The first-order valence-electron chi connectivity index (χ1n) is 0. The first-order chi connectivity index (χ1) is 0. The third-order valence-corrected chi connectivity index (χ3v) is 0. The maximum Gasteiger partial charge on any atom is 3.00 e. The Morgan fingerprint density at radius 2 is 0.800 bits per heavy atom. The predicted molar refractivity (Wildman–Crippen MR) is 1.37 cm³/mol. The third-order valence-electron chi connectivity index (χ3n) is 0. The van der Waals surface area contributed by atoms with Crippen LogP contribution in [0.1, 0.15) is 0 Å². The summed E-state index contributed by atoms with van der Waals surface area (Å²) >= 11 is 0. The molecule has 0 rings (SSSR count). The molecule has 0 bridgehead atoms. The first kappa shape index (κ1) is 54.6. The van der Waals surface area contributed by atoms with E-state index >= 15 is 0 Å². The molecule has 0 heterocycles. The second kappa shape index (κ2) is 33.3. The zero-order valence-corrected chi connectivity index (χ0v) is 7.00. The van der Waals surface area contributed by atoms with Gasteiger partial charge in [-0.2, -0.15) is 0 Å². The van der Waals surface area contributed by atoms with Crippen molar-refractivity contribution in [1.29, 1.82) is 0 Å². The molecule has 0 amide bonds. The summed E-state index contributed by atoms with van der Waals surface area (Å²) < 4.78 is 0. The molecule has 5 heavy (non-hydrogen) atoms. The molecule has 2 radical (unpaired) electrons. The van der Waals surface area contributed by atoms with Gasteiger partial charge < -0.3 is 11.0 Å². The molecule has 0 atom stereocenters. The molecule has 0 spiro atoms.